The summed E-state index contributed by atoms with van der Waals surface area (Å²) in [7, 11) is 0. The minimum atomic E-state index is 0.0420. The zero-order chi connectivity index (χ0) is 17.6. The summed E-state index contributed by atoms with van der Waals surface area (Å²) >= 11 is 6.43. The van der Waals surface area contributed by atoms with Gasteiger partial charge in [0.25, 0.3) is 0 Å². The summed E-state index contributed by atoms with van der Waals surface area (Å²) in [5.41, 5.74) is 7.09. The summed E-state index contributed by atoms with van der Waals surface area (Å²) < 4.78 is 5.47. The lowest BCUT2D eigenvalue weighted by Gasteiger charge is -2.35. The molecule has 2 fully saturated rings. The van der Waals surface area contributed by atoms with Gasteiger partial charge in [0, 0.05) is 36.6 Å². The number of rotatable bonds is 5. The van der Waals surface area contributed by atoms with Gasteiger partial charge in [-0.15, -0.1) is 0 Å². The molecule has 1 amide bonds. The van der Waals surface area contributed by atoms with Crippen molar-refractivity contribution >= 4 is 17.5 Å². The van der Waals surface area contributed by atoms with Gasteiger partial charge in [0.2, 0.25) is 5.91 Å². The molecule has 0 radical (unpaired) electrons. The molecular formula is C19H28ClN3O2. The van der Waals surface area contributed by atoms with Crippen LogP contribution in [-0.2, 0) is 9.53 Å². The summed E-state index contributed by atoms with van der Waals surface area (Å²) in [6, 6.07) is 8.11. The van der Waals surface area contributed by atoms with Gasteiger partial charge in [0.05, 0.1) is 19.3 Å². The number of nitrogens with two attached hydrogens (primary N) is 1. The van der Waals surface area contributed by atoms with Crippen LogP contribution in [0.2, 0.25) is 5.02 Å². The highest BCUT2D eigenvalue weighted by atomic mass is 35.5. The Labute approximate surface area is 154 Å². The van der Waals surface area contributed by atoms with Gasteiger partial charge in [0.15, 0.2) is 0 Å². The molecule has 3 rings (SSSR count). The third-order valence-corrected chi connectivity index (χ3v) is 5.65. The van der Waals surface area contributed by atoms with Gasteiger partial charge in [-0.25, -0.2) is 0 Å². The van der Waals surface area contributed by atoms with E-state index in [-0.39, 0.29) is 23.9 Å². The van der Waals surface area contributed by atoms with E-state index in [2.05, 4.69) is 10.2 Å². The highest BCUT2D eigenvalue weighted by Gasteiger charge is 2.28. The standard InChI is InChI=1S/C19H28ClN3O2/c20-17-7-2-1-6-16(17)18(23-8-10-25-11-9-23)13-22-19(24)14-4-3-5-15(21)12-14/h1-2,6-7,14-15,18H,3-5,8-13,21H2,(H,22,24). The number of hydrogen-bond donors (Lipinski definition) is 2. The van der Waals surface area contributed by atoms with Crippen LogP contribution in [-0.4, -0.2) is 49.7 Å². The van der Waals surface area contributed by atoms with Crippen molar-refractivity contribution < 1.29 is 9.53 Å². The molecule has 138 valence electrons. The van der Waals surface area contributed by atoms with Gasteiger partial charge in [-0.05, 0) is 30.9 Å². The molecule has 1 heterocycles. The zero-order valence-corrected chi connectivity index (χ0v) is 15.4. The Hall–Kier alpha value is -1.14. The van der Waals surface area contributed by atoms with Crippen molar-refractivity contribution in [3.8, 4) is 0 Å². The van der Waals surface area contributed by atoms with E-state index in [1.54, 1.807) is 0 Å². The predicted octanol–water partition coefficient (Wildman–Crippen LogP) is 2.35. The summed E-state index contributed by atoms with van der Waals surface area (Å²) in [6.07, 6.45) is 3.80. The van der Waals surface area contributed by atoms with Gasteiger partial charge in [-0.1, -0.05) is 36.2 Å². The van der Waals surface area contributed by atoms with Crippen LogP contribution >= 0.6 is 11.6 Å². The number of amides is 1. The number of carbonyl (C=O) groups is 1. The lowest BCUT2D eigenvalue weighted by molar-refractivity contribution is -0.126. The SMILES string of the molecule is NC1CCCC(C(=O)NCC(c2ccccc2Cl)N2CCOCC2)C1. The van der Waals surface area contributed by atoms with Crippen LogP contribution < -0.4 is 11.1 Å². The minimum Gasteiger partial charge on any atom is -0.379 e. The molecule has 25 heavy (non-hydrogen) atoms. The van der Waals surface area contributed by atoms with Gasteiger partial charge in [-0.3, -0.25) is 9.69 Å². The monoisotopic (exact) mass is 365 g/mol. The second-order valence-corrected chi connectivity index (χ2v) is 7.46. The van der Waals surface area contributed by atoms with E-state index >= 15 is 0 Å². The van der Waals surface area contributed by atoms with E-state index in [9.17, 15) is 4.79 Å². The van der Waals surface area contributed by atoms with E-state index in [4.69, 9.17) is 22.1 Å². The number of hydrogen-bond acceptors (Lipinski definition) is 4. The van der Waals surface area contributed by atoms with Crippen molar-refractivity contribution in [2.24, 2.45) is 11.7 Å². The smallest absolute Gasteiger partial charge is 0.223 e. The third kappa shape index (κ3) is 4.94. The molecule has 1 aromatic carbocycles. The molecule has 1 aliphatic heterocycles. The molecule has 6 heteroatoms. The number of nitrogens with one attached hydrogen (secondary N) is 1. The Morgan fingerprint density at radius 2 is 2.08 bits per heavy atom. The van der Waals surface area contributed by atoms with Crippen LogP contribution in [0, 0.1) is 5.92 Å². The maximum atomic E-state index is 12.6. The molecule has 3 atom stereocenters. The van der Waals surface area contributed by atoms with Gasteiger partial charge in [-0.2, -0.15) is 0 Å². The molecule has 2 aliphatic rings. The number of ether oxygens (including phenoxy) is 1. The first-order chi connectivity index (χ1) is 12.1. The quantitative estimate of drug-likeness (QED) is 0.840. The third-order valence-electron chi connectivity index (χ3n) is 5.31. The van der Waals surface area contributed by atoms with Crippen LogP contribution in [0.3, 0.4) is 0 Å². The zero-order valence-electron chi connectivity index (χ0n) is 14.6. The minimum absolute atomic E-state index is 0.0420. The summed E-state index contributed by atoms with van der Waals surface area (Å²) in [6.45, 7) is 3.69. The molecule has 0 bridgehead atoms. The maximum Gasteiger partial charge on any atom is 0.223 e. The van der Waals surface area contributed by atoms with Crippen LogP contribution in [0.15, 0.2) is 24.3 Å². The van der Waals surface area contributed by atoms with E-state index in [1.807, 2.05) is 24.3 Å². The van der Waals surface area contributed by atoms with Crippen LogP contribution in [0.5, 0.6) is 0 Å². The van der Waals surface area contributed by atoms with E-state index in [0.717, 1.165) is 49.4 Å². The number of carbonyl (C=O) groups excluding carboxylic acids is 1. The van der Waals surface area contributed by atoms with Gasteiger partial charge in [0.1, 0.15) is 0 Å². The van der Waals surface area contributed by atoms with Crippen LogP contribution in [0.4, 0.5) is 0 Å². The molecule has 1 saturated heterocycles. The largest absolute Gasteiger partial charge is 0.379 e. The van der Waals surface area contributed by atoms with Crippen molar-refractivity contribution in [1.82, 2.24) is 10.2 Å². The molecule has 5 nitrogen and oxygen atoms in total. The van der Waals surface area contributed by atoms with Crippen LogP contribution in [0.1, 0.15) is 37.3 Å². The van der Waals surface area contributed by atoms with Crippen molar-refractivity contribution in [3.05, 3.63) is 34.9 Å². The summed E-state index contributed by atoms with van der Waals surface area (Å²) in [5, 5.41) is 3.90. The second kappa shape index (κ2) is 8.99. The number of benzene rings is 1. The number of morpholine rings is 1. The Morgan fingerprint density at radius 3 is 2.80 bits per heavy atom. The number of nitrogens with zero attached hydrogens (tertiary/aromatic N) is 1. The molecule has 3 unspecified atom stereocenters. The van der Waals surface area contributed by atoms with E-state index in [0.29, 0.717) is 19.8 Å². The average Bonchev–Trinajstić information content (AvgIpc) is 2.64. The first-order valence-corrected chi connectivity index (χ1v) is 9.62. The topological polar surface area (TPSA) is 67.6 Å². The second-order valence-electron chi connectivity index (χ2n) is 7.05. The van der Waals surface area contributed by atoms with Crippen molar-refractivity contribution in [3.63, 3.8) is 0 Å². The summed E-state index contributed by atoms with van der Waals surface area (Å²) in [4.78, 5) is 14.9. The summed E-state index contributed by atoms with van der Waals surface area (Å²) in [5.74, 6) is 0.167. The molecule has 3 N–H and O–H groups in total. The highest BCUT2D eigenvalue weighted by molar-refractivity contribution is 6.31. The Balaban J connectivity index is 1.67. The highest BCUT2D eigenvalue weighted by Crippen LogP contribution is 2.28. The maximum absolute atomic E-state index is 12.6. The fourth-order valence-corrected chi connectivity index (χ4v) is 4.14. The normalized spacial score (nSPS) is 26.2. The molecule has 1 aliphatic carbocycles. The van der Waals surface area contributed by atoms with E-state index < -0.39 is 0 Å². The lowest BCUT2D eigenvalue weighted by atomic mass is 9.85. The molecule has 0 aromatic heterocycles. The van der Waals surface area contributed by atoms with Crippen molar-refractivity contribution in [2.45, 2.75) is 37.8 Å². The predicted molar refractivity (Wildman–Crippen MR) is 99.5 cm³/mol. The van der Waals surface area contributed by atoms with Crippen molar-refractivity contribution in [1.29, 1.82) is 0 Å². The first kappa shape index (κ1) is 18.6. The lowest BCUT2D eigenvalue weighted by Crippen LogP contribution is -2.45. The Bertz CT molecular complexity index is 578. The fourth-order valence-electron chi connectivity index (χ4n) is 3.88. The fraction of sp³-hybridized carbons (Fsp3) is 0.632. The van der Waals surface area contributed by atoms with Crippen LogP contribution in [0.25, 0.3) is 0 Å². The molecule has 1 aromatic rings. The molecule has 0 spiro atoms. The van der Waals surface area contributed by atoms with Gasteiger partial charge >= 0.3 is 0 Å². The first-order valence-electron chi connectivity index (χ1n) is 9.24. The Kier molecular flexibility index (Phi) is 6.70. The molecular weight excluding hydrogens is 338 g/mol. The van der Waals surface area contributed by atoms with Gasteiger partial charge < -0.3 is 15.8 Å². The molecule has 1 saturated carbocycles. The average molecular weight is 366 g/mol. The number of halogens is 1. The van der Waals surface area contributed by atoms with Crippen molar-refractivity contribution in [2.75, 3.05) is 32.8 Å². The Morgan fingerprint density at radius 1 is 1.32 bits per heavy atom. The van der Waals surface area contributed by atoms with E-state index in [1.165, 1.54) is 0 Å².